The standard InChI is InChI=1S/C19H15ClN2O4/c1-19(2)17(23)16(12-9-11(21-3)5-7-14(12)25-19)24-18-13-8-10(20)4-6-15(13)26-22-18/h4-9,16-17,23H,1-2H3/t16-,17+/m1/s1. The molecule has 0 saturated carbocycles. The summed E-state index contributed by atoms with van der Waals surface area (Å²) < 4.78 is 17.2. The summed E-state index contributed by atoms with van der Waals surface area (Å²) in [6, 6.07) is 10.1. The predicted molar refractivity (Wildman–Crippen MR) is 95.8 cm³/mol. The van der Waals surface area contributed by atoms with E-state index in [0.717, 1.165) is 0 Å². The molecule has 0 fully saturated rings. The van der Waals surface area contributed by atoms with Gasteiger partial charge in [0.2, 0.25) is 0 Å². The largest absolute Gasteiger partial charge is 0.485 e. The Kier molecular flexibility index (Phi) is 3.79. The van der Waals surface area contributed by atoms with Crippen LogP contribution in [0.15, 0.2) is 40.9 Å². The third kappa shape index (κ3) is 2.66. The van der Waals surface area contributed by atoms with E-state index in [4.69, 9.17) is 32.2 Å². The second-order valence-electron chi connectivity index (χ2n) is 6.65. The average Bonchev–Trinajstić information content (AvgIpc) is 3.00. The predicted octanol–water partition coefficient (Wildman–Crippen LogP) is 4.68. The summed E-state index contributed by atoms with van der Waals surface area (Å²) in [5.74, 6) is 0.784. The molecule has 1 aliphatic heterocycles. The molecule has 4 rings (SSSR count). The molecular formula is C19H15ClN2O4. The van der Waals surface area contributed by atoms with Gasteiger partial charge in [-0.2, -0.15) is 0 Å². The number of aromatic nitrogens is 1. The van der Waals surface area contributed by atoms with Crippen molar-refractivity contribution in [2.45, 2.75) is 31.7 Å². The number of fused-ring (bicyclic) bond motifs is 2. The fourth-order valence-corrected chi connectivity index (χ4v) is 3.19. The number of hydrogen-bond acceptors (Lipinski definition) is 5. The maximum absolute atomic E-state index is 10.8. The Balaban J connectivity index is 1.81. The minimum absolute atomic E-state index is 0.225. The van der Waals surface area contributed by atoms with Gasteiger partial charge in [-0.1, -0.05) is 17.7 Å². The van der Waals surface area contributed by atoms with Gasteiger partial charge < -0.3 is 19.1 Å². The molecule has 2 aromatic carbocycles. The number of benzene rings is 2. The quantitative estimate of drug-likeness (QED) is 0.663. The minimum atomic E-state index is -0.984. The first kappa shape index (κ1) is 16.7. The number of hydrogen-bond donors (Lipinski definition) is 1. The molecule has 3 aromatic rings. The van der Waals surface area contributed by atoms with Crippen LogP contribution in [-0.2, 0) is 0 Å². The van der Waals surface area contributed by atoms with Crippen LogP contribution in [0, 0.1) is 6.57 Å². The van der Waals surface area contributed by atoms with Gasteiger partial charge in [0.1, 0.15) is 17.5 Å². The Morgan fingerprint density at radius 1 is 1.27 bits per heavy atom. The van der Waals surface area contributed by atoms with Crippen LogP contribution in [-0.4, -0.2) is 22.0 Å². The van der Waals surface area contributed by atoms with E-state index in [-0.39, 0.29) is 5.88 Å². The molecule has 0 bridgehead atoms. The first-order valence-electron chi connectivity index (χ1n) is 7.99. The lowest BCUT2D eigenvalue weighted by Gasteiger charge is -2.41. The maximum Gasteiger partial charge on any atom is 0.262 e. The Hall–Kier alpha value is -2.75. The van der Waals surface area contributed by atoms with Crippen molar-refractivity contribution in [3.63, 3.8) is 0 Å². The molecule has 1 aliphatic rings. The fourth-order valence-electron chi connectivity index (χ4n) is 3.02. The Labute approximate surface area is 154 Å². The van der Waals surface area contributed by atoms with Crippen molar-refractivity contribution in [3.8, 4) is 11.6 Å². The van der Waals surface area contributed by atoms with Crippen LogP contribution < -0.4 is 9.47 Å². The molecule has 2 heterocycles. The van der Waals surface area contributed by atoms with Gasteiger partial charge in [-0.25, -0.2) is 4.85 Å². The molecule has 1 N–H and O–H groups in total. The molecule has 0 unspecified atom stereocenters. The van der Waals surface area contributed by atoms with Gasteiger partial charge in [0, 0.05) is 10.6 Å². The van der Waals surface area contributed by atoms with E-state index < -0.39 is 17.8 Å². The topological polar surface area (TPSA) is 69.1 Å². The number of rotatable bonds is 2. The molecule has 2 atom stereocenters. The van der Waals surface area contributed by atoms with Crippen LogP contribution >= 0.6 is 11.6 Å². The van der Waals surface area contributed by atoms with E-state index in [1.165, 1.54) is 0 Å². The van der Waals surface area contributed by atoms with Crippen molar-refractivity contribution < 1.29 is 19.1 Å². The molecule has 0 saturated heterocycles. The van der Waals surface area contributed by atoms with Crippen LogP contribution in [0.1, 0.15) is 25.5 Å². The Morgan fingerprint density at radius 2 is 2.08 bits per heavy atom. The first-order chi connectivity index (χ1) is 12.4. The summed E-state index contributed by atoms with van der Waals surface area (Å²) in [6.45, 7) is 10.8. The lowest BCUT2D eigenvalue weighted by atomic mass is 9.88. The molecule has 0 aliphatic carbocycles. The van der Waals surface area contributed by atoms with Crippen molar-refractivity contribution in [2.75, 3.05) is 0 Å². The van der Waals surface area contributed by atoms with Gasteiger partial charge in [0.05, 0.1) is 12.0 Å². The van der Waals surface area contributed by atoms with Crippen molar-refractivity contribution in [1.82, 2.24) is 5.16 Å². The summed E-state index contributed by atoms with van der Waals surface area (Å²) in [5, 5.41) is 15.9. The number of aliphatic hydroxyl groups excluding tert-OH is 1. The zero-order valence-electron chi connectivity index (χ0n) is 14.1. The highest BCUT2D eigenvalue weighted by Gasteiger charge is 2.45. The Bertz CT molecular complexity index is 1040. The van der Waals surface area contributed by atoms with Gasteiger partial charge in [-0.3, -0.25) is 0 Å². The molecule has 0 spiro atoms. The molecule has 1 aromatic heterocycles. The van der Waals surface area contributed by atoms with Crippen LogP contribution in [0.3, 0.4) is 0 Å². The van der Waals surface area contributed by atoms with Crippen molar-refractivity contribution >= 4 is 28.3 Å². The van der Waals surface area contributed by atoms with E-state index in [1.807, 2.05) is 0 Å². The summed E-state index contributed by atoms with van der Waals surface area (Å²) in [5.41, 5.74) is 0.666. The highest BCUT2D eigenvalue weighted by atomic mass is 35.5. The Morgan fingerprint density at radius 3 is 2.85 bits per heavy atom. The van der Waals surface area contributed by atoms with Crippen LogP contribution in [0.4, 0.5) is 5.69 Å². The van der Waals surface area contributed by atoms with Crippen molar-refractivity contribution in [1.29, 1.82) is 0 Å². The van der Waals surface area contributed by atoms with Crippen molar-refractivity contribution in [3.05, 3.63) is 58.4 Å². The van der Waals surface area contributed by atoms with Crippen molar-refractivity contribution in [2.24, 2.45) is 0 Å². The second-order valence-corrected chi connectivity index (χ2v) is 7.09. The molecule has 7 heteroatoms. The summed E-state index contributed by atoms with van der Waals surface area (Å²) in [4.78, 5) is 3.44. The number of aliphatic hydroxyl groups is 1. The number of nitrogens with zero attached hydrogens (tertiary/aromatic N) is 2. The van der Waals surface area contributed by atoms with Gasteiger partial charge >= 0.3 is 0 Å². The minimum Gasteiger partial charge on any atom is -0.485 e. The van der Waals surface area contributed by atoms with Gasteiger partial charge in [0.25, 0.3) is 5.88 Å². The molecule has 0 amide bonds. The zero-order valence-corrected chi connectivity index (χ0v) is 14.8. The van der Waals surface area contributed by atoms with E-state index >= 15 is 0 Å². The second kappa shape index (κ2) is 5.90. The smallest absolute Gasteiger partial charge is 0.262 e. The van der Waals surface area contributed by atoms with Crippen LogP contribution in [0.5, 0.6) is 11.6 Å². The summed E-state index contributed by atoms with van der Waals surface area (Å²) in [6.07, 6.45) is -1.76. The maximum atomic E-state index is 10.8. The van der Waals surface area contributed by atoms with Gasteiger partial charge in [0.15, 0.2) is 17.4 Å². The van der Waals surface area contributed by atoms with E-state index in [2.05, 4.69) is 10.0 Å². The number of ether oxygens (including phenoxy) is 2. The summed E-state index contributed by atoms with van der Waals surface area (Å²) in [7, 11) is 0. The average molecular weight is 371 g/mol. The normalized spacial score (nSPS) is 20.9. The third-order valence-electron chi connectivity index (χ3n) is 4.44. The molecule has 26 heavy (non-hydrogen) atoms. The molecular weight excluding hydrogens is 356 g/mol. The highest BCUT2D eigenvalue weighted by molar-refractivity contribution is 6.31. The SMILES string of the molecule is [C-]#[N+]c1ccc2c(c1)[C@@H](Oc1noc3ccc(Cl)cc13)[C@H](O)C(C)(C)O2. The molecule has 0 radical (unpaired) electrons. The van der Waals surface area contributed by atoms with Gasteiger partial charge in [-0.05, 0) is 49.3 Å². The third-order valence-corrected chi connectivity index (χ3v) is 4.67. The first-order valence-corrected chi connectivity index (χ1v) is 8.37. The molecule has 6 nitrogen and oxygen atoms in total. The molecule has 132 valence electrons. The zero-order chi connectivity index (χ0) is 18.5. The lowest BCUT2D eigenvalue weighted by molar-refractivity contribution is -0.104. The van der Waals surface area contributed by atoms with Crippen LogP contribution in [0.25, 0.3) is 15.8 Å². The lowest BCUT2D eigenvalue weighted by Crippen LogP contribution is -2.50. The van der Waals surface area contributed by atoms with E-state index in [1.54, 1.807) is 50.2 Å². The highest BCUT2D eigenvalue weighted by Crippen LogP contribution is 2.44. The number of halogens is 1. The monoisotopic (exact) mass is 370 g/mol. The van der Waals surface area contributed by atoms with E-state index in [0.29, 0.717) is 33.0 Å². The van der Waals surface area contributed by atoms with Gasteiger partial charge in [-0.15, -0.1) is 0 Å². The van der Waals surface area contributed by atoms with Crippen LogP contribution in [0.2, 0.25) is 5.02 Å². The van der Waals surface area contributed by atoms with E-state index in [9.17, 15) is 5.11 Å². The fraction of sp³-hybridized carbons (Fsp3) is 0.263. The summed E-state index contributed by atoms with van der Waals surface area (Å²) >= 11 is 6.06.